The zero-order chi connectivity index (χ0) is 10.7. The molecule has 1 heterocycles. The van der Waals surface area contributed by atoms with Crippen molar-refractivity contribution in [3.8, 4) is 0 Å². The molecule has 0 radical (unpaired) electrons. The molecular weight excluding hydrogens is 219 g/mol. The van der Waals surface area contributed by atoms with Gasteiger partial charge in [0.25, 0.3) is 0 Å². The third-order valence-corrected chi connectivity index (χ3v) is 2.55. The second-order valence-electron chi connectivity index (χ2n) is 3.67. The second kappa shape index (κ2) is 4.96. The van der Waals surface area contributed by atoms with Crippen LogP contribution in [0.25, 0.3) is 0 Å². The highest BCUT2D eigenvalue weighted by Crippen LogP contribution is 2.23. The highest BCUT2D eigenvalue weighted by atomic mass is 35.5. The summed E-state index contributed by atoms with van der Waals surface area (Å²) in [5, 5.41) is 1.12. The average Bonchev–Trinajstić information content (AvgIpc) is 2.10. The Bertz CT molecular complexity index is 324. The Kier molecular flexibility index (Phi) is 4.17. The van der Waals surface area contributed by atoms with Crippen LogP contribution in [0.2, 0.25) is 10.2 Å². The highest BCUT2D eigenvalue weighted by Gasteiger charge is 2.09. The van der Waals surface area contributed by atoms with Gasteiger partial charge in [-0.25, -0.2) is 4.98 Å². The maximum absolute atomic E-state index is 6.05. The van der Waals surface area contributed by atoms with Crippen molar-refractivity contribution in [1.82, 2.24) is 4.98 Å². The molecule has 0 aliphatic heterocycles. The minimum absolute atomic E-state index is 0.369. The first-order valence-corrected chi connectivity index (χ1v) is 5.34. The van der Waals surface area contributed by atoms with E-state index in [-0.39, 0.29) is 0 Å². The summed E-state index contributed by atoms with van der Waals surface area (Å²) in [6, 6.07) is 1.80. The van der Waals surface area contributed by atoms with Crippen molar-refractivity contribution in [2.24, 2.45) is 11.7 Å². The van der Waals surface area contributed by atoms with E-state index in [0.717, 1.165) is 17.7 Å². The SMILES string of the molecule is CC(C)Cc1nc(Cl)c(CN)cc1Cl. The van der Waals surface area contributed by atoms with Crippen LogP contribution in [-0.4, -0.2) is 4.98 Å². The van der Waals surface area contributed by atoms with E-state index >= 15 is 0 Å². The highest BCUT2D eigenvalue weighted by molar-refractivity contribution is 6.33. The molecule has 1 rings (SSSR count). The summed E-state index contributed by atoms with van der Waals surface area (Å²) in [4.78, 5) is 4.24. The summed E-state index contributed by atoms with van der Waals surface area (Å²) in [5.74, 6) is 0.514. The van der Waals surface area contributed by atoms with E-state index in [4.69, 9.17) is 28.9 Å². The number of hydrogen-bond acceptors (Lipinski definition) is 2. The van der Waals surface area contributed by atoms with Crippen LogP contribution in [-0.2, 0) is 13.0 Å². The molecule has 0 fully saturated rings. The van der Waals surface area contributed by atoms with E-state index in [0.29, 0.717) is 22.6 Å². The van der Waals surface area contributed by atoms with Gasteiger partial charge in [0.05, 0.1) is 10.7 Å². The predicted octanol–water partition coefficient (Wildman–Crippen LogP) is 3.05. The van der Waals surface area contributed by atoms with Gasteiger partial charge in [-0.05, 0) is 18.4 Å². The van der Waals surface area contributed by atoms with Gasteiger partial charge in [-0.3, -0.25) is 0 Å². The van der Waals surface area contributed by atoms with Crippen LogP contribution in [0, 0.1) is 5.92 Å². The van der Waals surface area contributed by atoms with E-state index < -0.39 is 0 Å². The zero-order valence-corrected chi connectivity index (χ0v) is 9.86. The first-order chi connectivity index (χ1) is 6.54. The summed E-state index contributed by atoms with van der Waals surface area (Å²) in [6.07, 6.45) is 0.837. The van der Waals surface area contributed by atoms with Crippen LogP contribution in [0.15, 0.2) is 6.07 Å². The van der Waals surface area contributed by atoms with Crippen molar-refractivity contribution in [3.05, 3.63) is 27.5 Å². The van der Waals surface area contributed by atoms with Crippen LogP contribution in [0.1, 0.15) is 25.1 Å². The molecule has 4 heteroatoms. The van der Waals surface area contributed by atoms with Crippen LogP contribution >= 0.6 is 23.2 Å². The second-order valence-corrected chi connectivity index (χ2v) is 4.43. The zero-order valence-electron chi connectivity index (χ0n) is 8.35. The van der Waals surface area contributed by atoms with Gasteiger partial charge in [0.1, 0.15) is 5.15 Å². The molecule has 0 unspecified atom stereocenters. The molecule has 0 bridgehead atoms. The maximum Gasteiger partial charge on any atom is 0.133 e. The van der Waals surface area contributed by atoms with Crippen LogP contribution in [0.5, 0.6) is 0 Å². The standard InChI is InChI=1S/C10H14Cl2N2/c1-6(2)3-9-8(11)4-7(5-13)10(12)14-9/h4,6H,3,5,13H2,1-2H3. The number of pyridine rings is 1. The van der Waals surface area contributed by atoms with E-state index in [9.17, 15) is 0 Å². The molecule has 78 valence electrons. The number of hydrogen-bond donors (Lipinski definition) is 1. The third kappa shape index (κ3) is 2.84. The molecule has 0 aliphatic carbocycles. The maximum atomic E-state index is 6.05. The molecular formula is C10H14Cl2N2. The number of halogens is 2. The normalized spacial score (nSPS) is 11.0. The fraction of sp³-hybridized carbons (Fsp3) is 0.500. The average molecular weight is 233 g/mol. The molecule has 0 atom stereocenters. The smallest absolute Gasteiger partial charge is 0.133 e. The Balaban J connectivity index is 3.02. The molecule has 0 aromatic carbocycles. The fourth-order valence-corrected chi connectivity index (χ4v) is 1.70. The van der Waals surface area contributed by atoms with Crippen LogP contribution in [0.4, 0.5) is 0 Å². The van der Waals surface area contributed by atoms with E-state index in [1.807, 2.05) is 0 Å². The third-order valence-electron chi connectivity index (χ3n) is 1.90. The van der Waals surface area contributed by atoms with E-state index in [1.54, 1.807) is 6.07 Å². The molecule has 0 aliphatic rings. The van der Waals surface area contributed by atoms with Gasteiger partial charge in [0.2, 0.25) is 0 Å². The van der Waals surface area contributed by atoms with Gasteiger partial charge in [-0.1, -0.05) is 37.0 Å². The Morgan fingerprint density at radius 3 is 2.57 bits per heavy atom. The lowest BCUT2D eigenvalue weighted by Gasteiger charge is -2.09. The summed E-state index contributed by atoms with van der Waals surface area (Å²) in [6.45, 7) is 4.60. The fourth-order valence-electron chi connectivity index (χ4n) is 1.21. The molecule has 0 amide bonds. The Morgan fingerprint density at radius 1 is 1.43 bits per heavy atom. The lowest BCUT2D eigenvalue weighted by Crippen LogP contribution is -2.03. The summed E-state index contributed by atoms with van der Waals surface area (Å²) >= 11 is 12.0. The van der Waals surface area contributed by atoms with Crippen molar-refractivity contribution in [2.45, 2.75) is 26.8 Å². The topological polar surface area (TPSA) is 38.9 Å². The molecule has 0 spiro atoms. The van der Waals surface area contributed by atoms with Gasteiger partial charge in [-0.15, -0.1) is 0 Å². The first kappa shape index (κ1) is 11.8. The van der Waals surface area contributed by atoms with E-state index in [1.165, 1.54) is 0 Å². The number of nitrogens with zero attached hydrogens (tertiary/aromatic N) is 1. The molecule has 2 N–H and O–H groups in total. The monoisotopic (exact) mass is 232 g/mol. The number of rotatable bonds is 3. The quantitative estimate of drug-likeness (QED) is 0.815. The van der Waals surface area contributed by atoms with Crippen molar-refractivity contribution >= 4 is 23.2 Å². The summed E-state index contributed by atoms with van der Waals surface area (Å²) in [7, 11) is 0. The lowest BCUT2D eigenvalue weighted by molar-refractivity contribution is 0.635. The minimum atomic E-state index is 0.369. The molecule has 0 saturated carbocycles. The minimum Gasteiger partial charge on any atom is -0.326 e. The molecule has 1 aromatic heterocycles. The van der Waals surface area contributed by atoms with Crippen molar-refractivity contribution < 1.29 is 0 Å². The van der Waals surface area contributed by atoms with Crippen molar-refractivity contribution in [3.63, 3.8) is 0 Å². The van der Waals surface area contributed by atoms with Crippen molar-refractivity contribution in [2.75, 3.05) is 0 Å². The Hall–Kier alpha value is -0.310. The largest absolute Gasteiger partial charge is 0.326 e. The molecule has 14 heavy (non-hydrogen) atoms. The number of nitrogens with two attached hydrogens (primary N) is 1. The van der Waals surface area contributed by atoms with Gasteiger partial charge in [0, 0.05) is 12.1 Å². The first-order valence-electron chi connectivity index (χ1n) is 4.58. The molecule has 2 nitrogen and oxygen atoms in total. The summed E-state index contributed by atoms with van der Waals surface area (Å²) in [5.41, 5.74) is 7.13. The summed E-state index contributed by atoms with van der Waals surface area (Å²) < 4.78 is 0. The van der Waals surface area contributed by atoms with Crippen LogP contribution < -0.4 is 5.73 Å². The number of aromatic nitrogens is 1. The Morgan fingerprint density at radius 2 is 2.07 bits per heavy atom. The molecule has 0 saturated heterocycles. The lowest BCUT2D eigenvalue weighted by atomic mass is 10.1. The van der Waals surface area contributed by atoms with E-state index in [2.05, 4.69) is 18.8 Å². The van der Waals surface area contributed by atoms with Gasteiger partial charge >= 0.3 is 0 Å². The van der Waals surface area contributed by atoms with Gasteiger partial charge in [0.15, 0.2) is 0 Å². The van der Waals surface area contributed by atoms with Crippen molar-refractivity contribution in [1.29, 1.82) is 0 Å². The Labute approximate surface area is 94.4 Å². The van der Waals surface area contributed by atoms with Crippen LogP contribution in [0.3, 0.4) is 0 Å². The predicted molar refractivity (Wildman–Crippen MR) is 60.7 cm³/mol. The van der Waals surface area contributed by atoms with Gasteiger partial charge in [-0.2, -0.15) is 0 Å². The van der Waals surface area contributed by atoms with Gasteiger partial charge < -0.3 is 5.73 Å². The molecule has 1 aromatic rings.